The maximum absolute atomic E-state index is 12.3. The largest absolute Gasteiger partial charge is 0.484 e. The number of benzene rings is 2. The molecule has 142 valence electrons. The van der Waals surface area contributed by atoms with Crippen molar-refractivity contribution in [2.75, 3.05) is 11.9 Å². The SMILES string of the molecule is Cc1ccccc1NC(=O)COc1ccc(C(=O)NC2CCCCC2)cc1. The summed E-state index contributed by atoms with van der Waals surface area (Å²) in [6.45, 7) is 1.86. The van der Waals surface area contributed by atoms with Gasteiger partial charge in [0, 0.05) is 17.3 Å². The Kier molecular flexibility index (Phi) is 6.47. The zero-order valence-corrected chi connectivity index (χ0v) is 15.7. The zero-order chi connectivity index (χ0) is 19.1. The van der Waals surface area contributed by atoms with Crippen LogP contribution in [0.15, 0.2) is 48.5 Å². The molecule has 2 aromatic rings. The summed E-state index contributed by atoms with van der Waals surface area (Å²) in [7, 11) is 0. The van der Waals surface area contributed by atoms with Gasteiger partial charge in [0.05, 0.1) is 0 Å². The second kappa shape index (κ2) is 9.21. The van der Waals surface area contributed by atoms with Crippen LogP contribution in [0.1, 0.15) is 48.0 Å². The van der Waals surface area contributed by atoms with E-state index < -0.39 is 0 Å². The molecule has 2 N–H and O–H groups in total. The van der Waals surface area contributed by atoms with Crippen molar-refractivity contribution in [3.05, 3.63) is 59.7 Å². The Hall–Kier alpha value is -2.82. The predicted octanol–water partition coefficient (Wildman–Crippen LogP) is 4.08. The fourth-order valence-electron chi connectivity index (χ4n) is 3.27. The van der Waals surface area contributed by atoms with Gasteiger partial charge in [0.15, 0.2) is 6.61 Å². The lowest BCUT2D eigenvalue weighted by atomic mass is 9.95. The molecule has 3 rings (SSSR count). The summed E-state index contributed by atoms with van der Waals surface area (Å²) in [5, 5.41) is 5.92. The normalized spacial score (nSPS) is 14.4. The number of rotatable bonds is 6. The van der Waals surface area contributed by atoms with Crippen molar-refractivity contribution in [3.8, 4) is 5.75 Å². The lowest BCUT2D eigenvalue weighted by molar-refractivity contribution is -0.118. The fourth-order valence-corrected chi connectivity index (χ4v) is 3.27. The number of anilines is 1. The van der Waals surface area contributed by atoms with E-state index in [-0.39, 0.29) is 24.5 Å². The first kappa shape index (κ1) is 19.0. The van der Waals surface area contributed by atoms with E-state index in [1.54, 1.807) is 24.3 Å². The molecule has 0 heterocycles. The van der Waals surface area contributed by atoms with Crippen molar-refractivity contribution in [1.29, 1.82) is 0 Å². The second-order valence-electron chi connectivity index (χ2n) is 6.98. The number of para-hydroxylation sites is 1. The molecule has 0 radical (unpaired) electrons. The van der Waals surface area contributed by atoms with Crippen LogP contribution in [0.3, 0.4) is 0 Å². The topological polar surface area (TPSA) is 67.4 Å². The first-order valence-electron chi connectivity index (χ1n) is 9.51. The van der Waals surface area contributed by atoms with Crippen LogP contribution in [0.2, 0.25) is 0 Å². The molecule has 27 heavy (non-hydrogen) atoms. The van der Waals surface area contributed by atoms with Crippen LogP contribution < -0.4 is 15.4 Å². The maximum atomic E-state index is 12.3. The van der Waals surface area contributed by atoms with E-state index in [1.807, 2.05) is 31.2 Å². The number of ether oxygens (including phenoxy) is 1. The first-order chi connectivity index (χ1) is 13.1. The molecule has 0 aromatic heterocycles. The van der Waals surface area contributed by atoms with E-state index in [4.69, 9.17) is 4.74 Å². The van der Waals surface area contributed by atoms with Crippen molar-refractivity contribution in [2.24, 2.45) is 0 Å². The standard InChI is InChI=1S/C22H26N2O3/c1-16-7-5-6-10-20(16)24-21(25)15-27-19-13-11-17(12-14-19)22(26)23-18-8-3-2-4-9-18/h5-7,10-14,18H,2-4,8-9,15H2,1H3,(H,23,26)(H,24,25). The summed E-state index contributed by atoms with van der Waals surface area (Å²) in [4.78, 5) is 24.3. The van der Waals surface area contributed by atoms with Crippen molar-refractivity contribution in [2.45, 2.75) is 45.1 Å². The number of nitrogens with one attached hydrogen (secondary N) is 2. The average Bonchev–Trinajstić information content (AvgIpc) is 2.69. The highest BCUT2D eigenvalue weighted by Crippen LogP contribution is 2.19. The molecule has 0 spiro atoms. The van der Waals surface area contributed by atoms with E-state index in [2.05, 4.69) is 10.6 Å². The molecule has 0 atom stereocenters. The molecule has 0 aliphatic heterocycles. The highest BCUT2D eigenvalue weighted by molar-refractivity contribution is 5.94. The second-order valence-corrected chi connectivity index (χ2v) is 6.98. The van der Waals surface area contributed by atoms with Crippen LogP contribution in [0.5, 0.6) is 5.75 Å². The molecule has 0 saturated heterocycles. The molecule has 1 saturated carbocycles. The molecule has 1 fully saturated rings. The molecule has 1 aliphatic rings. The van der Waals surface area contributed by atoms with Crippen molar-refractivity contribution in [1.82, 2.24) is 5.32 Å². The fraction of sp³-hybridized carbons (Fsp3) is 0.364. The number of carbonyl (C=O) groups excluding carboxylic acids is 2. The smallest absolute Gasteiger partial charge is 0.262 e. The van der Waals surface area contributed by atoms with Gasteiger partial charge in [0.2, 0.25) is 0 Å². The van der Waals surface area contributed by atoms with Crippen LogP contribution in [-0.2, 0) is 4.79 Å². The number of carbonyl (C=O) groups is 2. The van der Waals surface area contributed by atoms with Crippen LogP contribution in [0.4, 0.5) is 5.69 Å². The third-order valence-corrected chi connectivity index (χ3v) is 4.85. The predicted molar refractivity (Wildman–Crippen MR) is 106 cm³/mol. The lowest BCUT2D eigenvalue weighted by Crippen LogP contribution is -2.36. The summed E-state index contributed by atoms with van der Waals surface area (Å²) in [5.74, 6) is 0.290. The summed E-state index contributed by atoms with van der Waals surface area (Å²) >= 11 is 0. The molecule has 2 amide bonds. The maximum Gasteiger partial charge on any atom is 0.262 e. The summed E-state index contributed by atoms with van der Waals surface area (Å²) in [6, 6.07) is 14.8. The molecular formula is C22H26N2O3. The van der Waals surface area contributed by atoms with Crippen LogP contribution in [-0.4, -0.2) is 24.5 Å². The first-order valence-corrected chi connectivity index (χ1v) is 9.51. The molecule has 1 aliphatic carbocycles. The van der Waals surface area contributed by atoms with Crippen molar-refractivity contribution < 1.29 is 14.3 Å². The van der Waals surface area contributed by atoms with Gasteiger partial charge in [-0.3, -0.25) is 9.59 Å². The average molecular weight is 366 g/mol. The van der Waals surface area contributed by atoms with Gasteiger partial charge in [-0.25, -0.2) is 0 Å². The summed E-state index contributed by atoms with van der Waals surface area (Å²) in [6.07, 6.45) is 5.74. The Bertz CT molecular complexity index is 780. The lowest BCUT2D eigenvalue weighted by Gasteiger charge is -2.22. The number of hydrogen-bond donors (Lipinski definition) is 2. The Labute approximate surface area is 160 Å². The minimum Gasteiger partial charge on any atom is -0.484 e. The van der Waals surface area contributed by atoms with Gasteiger partial charge in [-0.05, 0) is 55.7 Å². The monoisotopic (exact) mass is 366 g/mol. The number of amides is 2. The minimum absolute atomic E-state index is 0.0502. The highest BCUT2D eigenvalue weighted by Gasteiger charge is 2.16. The Morgan fingerprint density at radius 1 is 1.00 bits per heavy atom. The molecule has 2 aromatic carbocycles. The Morgan fingerprint density at radius 2 is 1.70 bits per heavy atom. The van der Waals surface area contributed by atoms with Gasteiger partial charge in [0.1, 0.15) is 5.75 Å². The molecular weight excluding hydrogens is 340 g/mol. The van der Waals surface area contributed by atoms with E-state index in [9.17, 15) is 9.59 Å². The van der Waals surface area contributed by atoms with Crippen molar-refractivity contribution >= 4 is 17.5 Å². The van der Waals surface area contributed by atoms with E-state index in [0.29, 0.717) is 11.3 Å². The third kappa shape index (κ3) is 5.58. The number of aryl methyl sites for hydroxylation is 1. The Balaban J connectivity index is 1.48. The number of hydrogen-bond acceptors (Lipinski definition) is 3. The van der Waals surface area contributed by atoms with E-state index in [1.165, 1.54) is 19.3 Å². The van der Waals surface area contributed by atoms with Gasteiger partial charge in [-0.15, -0.1) is 0 Å². The highest BCUT2D eigenvalue weighted by atomic mass is 16.5. The molecule has 0 bridgehead atoms. The molecule has 5 heteroatoms. The van der Waals surface area contributed by atoms with E-state index in [0.717, 1.165) is 24.1 Å². The van der Waals surface area contributed by atoms with Crippen LogP contribution in [0.25, 0.3) is 0 Å². The molecule has 0 unspecified atom stereocenters. The Morgan fingerprint density at radius 3 is 2.41 bits per heavy atom. The van der Waals surface area contributed by atoms with Gasteiger partial charge < -0.3 is 15.4 Å². The zero-order valence-electron chi connectivity index (χ0n) is 15.7. The summed E-state index contributed by atoms with van der Waals surface area (Å²) < 4.78 is 5.52. The van der Waals surface area contributed by atoms with Gasteiger partial charge >= 0.3 is 0 Å². The quantitative estimate of drug-likeness (QED) is 0.810. The van der Waals surface area contributed by atoms with Gasteiger partial charge in [-0.1, -0.05) is 37.5 Å². The molecule has 5 nitrogen and oxygen atoms in total. The van der Waals surface area contributed by atoms with E-state index >= 15 is 0 Å². The van der Waals surface area contributed by atoms with Crippen LogP contribution >= 0.6 is 0 Å². The van der Waals surface area contributed by atoms with Gasteiger partial charge in [-0.2, -0.15) is 0 Å². The minimum atomic E-state index is -0.219. The van der Waals surface area contributed by atoms with Crippen LogP contribution in [0, 0.1) is 6.92 Å². The summed E-state index contributed by atoms with van der Waals surface area (Å²) in [5.41, 5.74) is 2.39. The third-order valence-electron chi connectivity index (χ3n) is 4.85. The van der Waals surface area contributed by atoms with Crippen molar-refractivity contribution in [3.63, 3.8) is 0 Å². The van der Waals surface area contributed by atoms with Gasteiger partial charge in [0.25, 0.3) is 11.8 Å².